The summed E-state index contributed by atoms with van der Waals surface area (Å²) in [5, 5.41) is 3.50. The van der Waals surface area contributed by atoms with Crippen molar-refractivity contribution in [2.24, 2.45) is 11.8 Å². The minimum Gasteiger partial charge on any atom is -0.379 e. The molecule has 0 spiro atoms. The molecule has 1 saturated heterocycles. The molecule has 4 unspecified atom stereocenters. The number of hydrogen-bond acceptors (Lipinski definition) is 5. The summed E-state index contributed by atoms with van der Waals surface area (Å²) in [6.07, 6.45) is 1.39. The number of carbonyl (C=O) groups is 3. The van der Waals surface area contributed by atoms with E-state index in [1.165, 1.54) is 4.90 Å². The van der Waals surface area contributed by atoms with Crippen LogP contribution in [-0.2, 0) is 27.4 Å². The average Bonchev–Trinajstić information content (AvgIpc) is 2.93. The van der Waals surface area contributed by atoms with E-state index in [-0.39, 0.29) is 49.2 Å². The fourth-order valence-electron chi connectivity index (χ4n) is 5.47. The van der Waals surface area contributed by atoms with E-state index in [4.69, 9.17) is 21.1 Å². The van der Waals surface area contributed by atoms with Crippen molar-refractivity contribution >= 4 is 29.4 Å². The highest BCUT2D eigenvalue weighted by atomic mass is 35.5. The van der Waals surface area contributed by atoms with E-state index in [0.29, 0.717) is 35.9 Å². The summed E-state index contributed by atoms with van der Waals surface area (Å²) in [4.78, 5) is 43.1. The van der Waals surface area contributed by atoms with Crippen LogP contribution in [0.4, 0.5) is 4.79 Å². The van der Waals surface area contributed by atoms with Crippen molar-refractivity contribution in [1.82, 2.24) is 15.1 Å². The molecular weight excluding hydrogens is 518 g/mol. The zero-order valence-electron chi connectivity index (χ0n) is 23.1. The maximum atomic E-state index is 13.9. The lowest BCUT2D eigenvalue weighted by atomic mass is 9.77. The second-order valence-corrected chi connectivity index (χ2v) is 11.2. The van der Waals surface area contributed by atoms with Gasteiger partial charge >= 0.3 is 6.03 Å². The molecule has 4 rings (SSSR count). The van der Waals surface area contributed by atoms with Crippen molar-refractivity contribution < 1.29 is 23.9 Å². The molecule has 8 nitrogen and oxygen atoms in total. The molecule has 2 aromatic carbocycles. The third kappa shape index (κ3) is 6.62. The molecule has 210 valence electrons. The SMILES string of the molecule is COC1CC2C(=O)N(Cc3ccc(C(=O)NCCC(C)C)cc3)C(=O)N(Cc3ccccc3Cl)C2CC1OC. The summed E-state index contributed by atoms with van der Waals surface area (Å²) in [7, 11) is 3.25. The molecule has 1 saturated carbocycles. The highest BCUT2D eigenvalue weighted by Crippen LogP contribution is 2.38. The second kappa shape index (κ2) is 12.9. The second-order valence-electron chi connectivity index (χ2n) is 10.8. The van der Waals surface area contributed by atoms with Crippen LogP contribution in [0.1, 0.15) is 54.6 Å². The number of nitrogens with zero attached hydrogens (tertiary/aromatic N) is 2. The number of nitrogens with one attached hydrogen (secondary N) is 1. The number of ether oxygens (including phenoxy) is 2. The number of fused-ring (bicyclic) bond motifs is 1. The van der Waals surface area contributed by atoms with Gasteiger partial charge in [-0.2, -0.15) is 0 Å². The van der Waals surface area contributed by atoms with Gasteiger partial charge in [-0.3, -0.25) is 14.5 Å². The van der Waals surface area contributed by atoms with Crippen LogP contribution in [0.5, 0.6) is 0 Å². The topological polar surface area (TPSA) is 88.2 Å². The van der Waals surface area contributed by atoms with Crippen LogP contribution in [0.3, 0.4) is 0 Å². The lowest BCUT2D eigenvalue weighted by molar-refractivity contribution is -0.152. The van der Waals surface area contributed by atoms with Crippen LogP contribution < -0.4 is 5.32 Å². The lowest BCUT2D eigenvalue weighted by Crippen LogP contribution is -2.64. The van der Waals surface area contributed by atoms with E-state index >= 15 is 0 Å². The summed E-state index contributed by atoms with van der Waals surface area (Å²) >= 11 is 6.45. The monoisotopic (exact) mass is 555 g/mol. The molecule has 0 aromatic heterocycles. The summed E-state index contributed by atoms with van der Waals surface area (Å²) in [5.74, 6) is -0.269. The van der Waals surface area contributed by atoms with Crippen molar-refractivity contribution in [2.45, 2.75) is 64.4 Å². The highest BCUT2D eigenvalue weighted by Gasteiger charge is 2.51. The number of halogens is 1. The van der Waals surface area contributed by atoms with E-state index in [1.807, 2.05) is 18.2 Å². The number of imide groups is 1. The van der Waals surface area contributed by atoms with E-state index in [2.05, 4.69) is 19.2 Å². The minimum atomic E-state index is -0.424. The molecule has 0 radical (unpaired) electrons. The Hall–Kier alpha value is -2.94. The predicted octanol–water partition coefficient (Wildman–Crippen LogP) is 4.89. The summed E-state index contributed by atoms with van der Waals surface area (Å²) in [6.45, 7) is 5.24. The molecule has 1 N–H and O–H groups in total. The van der Waals surface area contributed by atoms with Gasteiger partial charge in [0.25, 0.3) is 5.91 Å². The molecule has 39 heavy (non-hydrogen) atoms. The zero-order valence-corrected chi connectivity index (χ0v) is 23.8. The Balaban J connectivity index is 1.55. The van der Waals surface area contributed by atoms with Gasteiger partial charge in [-0.1, -0.05) is 55.8 Å². The zero-order chi connectivity index (χ0) is 28.1. The van der Waals surface area contributed by atoms with Crippen molar-refractivity contribution in [3.63, 3.8) is 0 Å². The Kier molecular flexibility index (Phi) is 9.64. The number of rotatable bonds is 10. The first-order valence-corrected chi connectivity index (χ1v) is 13.9. The van der Waals surface area contributed by atoms with Gasteiger partial charge in [0, 0.05) is 43.9 Å². The molecule has 9 heteroatoms. The van der Waals surface area contributed by atoms with E-state index in [0.717, 1.165) is 17.5 Å². The number of hydrogen-bond donors (Lipinski definition) is 1. The molecule has 2 aromatic rings. The normalized spacial score (nSPS) is 23.2. The molecule has 1 aliphatic heterocycles. The molecule has 1 aliphatic carbocycles. The summed E-state index contributed by atoms with van der Waals surface area (Å²) < 4.78 is 11.3. The molecule has 4 atom stereocenters. The minimum absolute atomic E-state index is 0.112. The van der Waals surface area contributed by atoms with Gasteiger partial charge in [0.2, 0.25) is 5.91 Å². The maximum absolute atomic E-state index is 13.9. The Bertz CT molecular complexity index is 1170. The van der Waals surface area contributed by atoms with Gasteiger partial charge < -0.3 is 19.7 Å². The van der Waals surface area contributed by atoms with Crippen LogP contribution in [0, 0.1) is 11.8 Å². The van der Waals surface area contributed by atoms with Crippen molar-refractivity contribution in [2.75, 3.05) is 20.8 Å². The molecule has 0 bridgehead atoms. The first kappa shape index (κ1) is 29.1. The first-order valence-electron chi connectivity index (χ1n) is 13.5. The van der Waals surface area contributed by atoms with Crippen LogP contribution in [0.15, 0.2) is 48.5 Å². The lowest BCUT2D eigenvalue weighted by Gasteiger charge is -2.50. The maximum Gasteiger partial charge on any atom is 0.327 e. The quantitative estimate of drug-likeness (QED) is 0.451. The Morgan fingerprint density at radius 2 is 1.67 bits per heavy atom. The molecule has 2 aliphatic rings. The Labute approximate surface area is 235 Å². The van der Waals surface area contributed by atoms with Crippen LogP contribution in [0.25, 0.3) is 0 Å². The first-order chi connectivity index (χ1) is 18.7. The van der Waals surface area contributed by atoms with Crippen LogP contribution in [-0.4, -0.2) is 66.7 Å². The van der Waals surface area contributed by atoms with Crippen molar-refractivity contribution in [1.29, 1.82) is 0 Å². The molecule has 1 heterocycles. The molecular formula is C30H38ClN3O5. The third-order valence-corrected chi connectivity index (χ3v) is 8.14. The van der Waals surface area contributed by atoms with Gasteiger partial charge in [-0.25, -0.2) is 4.79 Å². The van der Waals surface area contributed by atoms with Gasteiger partial charge in [0.05, 0.1) is 24.7 Å². The van der Waals surface area contributed by atoms with Gasteiger partial charge in [0.15, 0.2) is 0 Å². The van der Waals surface area contributed by atoms with Gasteiger partial charge in [-0.05, 0) is 54.5 Å². The van der Waals surface area contributed by atoms with E-state index in [9.17, 15) is 14.4 Å². The number of carbonyl (C=O) groups excluding carboxylic acids is 3. The van der Waals surface area contributed by atoms with Crippen LogP contribution in [0.2, 0.25) is 5.02 Å². The summed E-state index contributed by atoms with van der Waals surface area (Å²) in [5.41, 5.74) is 2.12. The fourth-order valence-corrected chi connectivity index (χ4v) is 5.67. The largest absolute Gasteiger partial charge is 0.379 e. The van der Waals surface area contributed by atoms with Crippen molar-refractivity contribution in [3.05, 3.63) is 70.2 Å². The molecule has 4 amide bonds. The van der Waals surface area contributed by atoms with E-state index < -0.39 is 5.92 Å². The standard InChI is InChI=1S/C30H38ClN3O5/c1-19(2)13-14-32-28(35)21-11-9-20(10-12-21)17-34-29(36)23-15-26(38-3)27(39-4)16-25(23)33(30(34)37)18-22-7-5-6-8-24(22)31/h5-12,19,23,25-27H,13-18H2,1-4H3,(H,32,35). The number of urea groups is 1. The number of benzene rings is 2. The van der Waals surface area contributed by atoms with Crippen LogP contribution >= 0.6 is 11.6 Å². The Morgan fingerprint density at radius 3 is 2.31 bits per heavy atom. The Morgan fingerprint density at radius 1 is 1.00 bits per heavy atom. The van der Waals surface area contributed by atoms with E-state index in [1.54, 1.807) is 49.5 Å². The number of methoxy groups -OCH3 is 2. The van der Waals surface area contributed by atoms with Crippen molar-refractivity contribution in [3.8, 4) is 0 Å². The third-order valence-electron chi connectivity index (χ3n) is 7.77. The van der Waals surface area contributed by atoms with Gasteiger partial charge in [-0.15, -0.1) is 0 Å². The summed E-state index contributed by atoms with van der Waals surface area (Å²) in [6, 6.07) is 13.8. The predicted molar refractivity (Wildman–Crippen MR) is 149 cm³/mol. The van der Waals surface area contributed by atoms with Gasteiger partial charge in [0.1, 0.15) is 0 Å². The number of amides is 4. The smallest absolute Gasteiger partial charge is 0.327 e. The fraction of sp³-hybridized carbons (Fsp3) is 0.500. The molecule has 2 fully saturated rings. The highest BCUT2D eigenvalue weighted by molar-refractivity contribution is 6.31. The average molecular weight is 556 g/mol.